The summed E-state index contributed by atoms with van der Waals surface area (Å²) in [5.41, 5.74) is 0.957. The Labute approximate surface area is 167 Å². The predicted octanol–water partition coefficient (Wildman–Crippen LogP) is 2.00. The van der Waals surface area contributed by atoms with Crippen LogP contribution in [0.15, 0.2) is 48.5 Å². The number of halogens is 1. The summed E-state index contributed by atoms with van der Waals surface area (Å²) in [6.07, 6.45) is -0.716. The molecule has 2 N–H and O–H groups in total. The number of ether oxygens (including phenoxy) is 1. The van der Waals surface area contributed by atoms with Gasteiger partial charge in [-0.1, -0.05) is 35.9 Å². The number of carbonyl (C=O) groups excluding carboxylic acids is 3. The van der Waals surface area contributed by atoms with Gasteiger partial charge in [0.05, 0.1) is 22.8 Å². The summed E-state index contributed by atoms with van der Waals surface area (Å²) in [5, 5.41) is 5.58. The minimum Gasteiger partial charge on any atom is -0.477 e. The van der Waals surface area contributed by atoms with E-state index in [0.717, 1.165) is 0 Å². The molecule has 28 heavy (non-hydrogen) atoms. The average molecular weight is 402 g/mol. The Balaban J connectivity index is 1.65. The van der Waals surface area contributed by atoms with Crippen LogP contribution in [0, 0.1) is 0 Å². The van der Waals surface area contributed by atoms with E-state index in [1.165, 1.54) is 11.9 Å². The maximum atomic E-state index is 12.8. The first kappa shape index (κ1) is 19.7. The van der Waals surface area contributed by atoms with Crippen molar-refractivity contribution in [3.05, 3.63) is 59.1 Å². The number of fused-ring (bicyclic) bond motifs is 1. The number of carbonyl (C=O) groups is 3. The minimum absolute atomic E-state index is 0.0744. The second-order valence-corrected chi connectivity index (χ2v) is 6.59. The third kappa shape index (κ3) is 4.26. The van der Waals surface area contributed by atoms with Gasteiger partial charge >= 0.3 is 0 Å². The van der Waals surface area contributed by atoms with Crippen LogP contribution in [0.25, 0.3) is 0 Å². The Morgan fingerprint density at radius 1 is 1.14 bits per heavy atom. The maximum Gasteiger partial charge on any atom is 0.262 e. The van der Waals surface area contributed by atoms with Gasteiger partial charge in [0.25, 0.3) is 11.8 Å². The number of nitrogens with zero attached hydrogens (tertiary/aromatic N) is 1. The van der Waals surface area contributed by atoms with E-state index < -0.39 is 6.10 Å². The molecule has 2 aromatic rings. The lowest BCUT2D eigenvalue weighted by Gasteiger charge is -2.34. The quantitative estimate of drug-likeness (QED) is 0.802. The Morgan fingerprint density at radius 3 is 2.61 bits per heavy atom. The van der Waals surface area contributed by atoms with Crippen LogP contribution in [0.2, 0.25) is 5.02 Å². The van der Waals surface area contributed by atoms with Crippen molar-refractivity contribution in [1.29, 1.82) is 0 Å². The van der Waals surface area contributed by atoms with Crippen molar-refractivity contribution < 1.29 is 19.1 Å². The fraction of sp³-hybridized carbons (Fsp3) is 0.250. The number of hydrogen-bond donors (Lipinski definition) is 2. The smallest absolute Gasteiger partial charge is 0.262 e. The number of para-hydroxylation sites is 2. The van der Waals surface area contributed by atoms with Crippen molar-refractivity contribution in [1.82, 2.24) is 10.6 Å². The Bertz CT molecular complexity index is 903. The molecule has 0 bridgehead atoms. The summed E-state index contributed by atoms with van der Waals surface area (Å²) < 4.78 is 5.69. The number of hydrogen-bond acceptors (Lipinski definition) is 4. The van der Waals surface area contributed by atoms with Gasteiger partial charge in [0.2, 0.25) is 5.91 Å². The summed E-state index contributed by atoms with van der Waals surface area (Å²) in [5.74, 6) is -0.400. The van der Waals surface area contributed by atoms with Gasteiger partial charge in [0, 0.05) is 20.0 Å². The largest absolute Gasteiger partial charge is 0.477 e. The van der Waals surface area contributed by atoms with Crippen LogP contribution in [0.1, 0.15) is 16.8 Å². The molecule has 3 amide bonds. The molecule has 0 radical (unpaired) electrons. The molecule has 0 saturated heterocycles. The Hall–Kier alpha value is -3.06. The molecule has 1 aliphatic heterocycles. The zero-order valence-corrected chi connectivity index (χ0v) is 16.0. The third-order valence-electron chi connectivity index (χ3n) is 4.36. The predicted molar refractivity (Wildman–Crippen MR) is 106 cm³/mol. The molecule has 1 aliphatic rings. The van der Waals surface area contributed by atoms with E-state index in [1.54, 1.807) is 48.5 Å². The maximum absolute atomic E-state index is 12.8. The molecular formula is C20H20ClN3O4. The summed E-state index contributed by atoms with van der Waals surface area (Å²) in [6.45, 7) is 0.251. The molecule has 1 atom stereocenters. The highest BCUT2D eigenvalue weighted by molar-refractivity contribution is 6.33. The van der Waals surface area contributed by atoms with Crippen LogP contribution in [0.5, 0.6) is 5.75 Å². The summed E-state index contributed by atoms with van der Waals surface area (Å²) >= 11 is 6.01. The zero-order valence-electron chi connectivity index (χ0n) is 15.3. The number of anilines is 1. The lowest BCUT2D eigenvalue weighted by atomic mass is 10.1. The van der Waals surface area contributed by atoms with Crippen molar-refractivity contribution in [2.45, 2.75) is 12.5 Å². The first-order valence-corrected chi connectivity index (χ1v) is 9.19. The Kier molecular flexibility index (Phi) is 6.16. The van der Waals surface area contributed by atoms with Gasteiger partial charge < -0.3 is 20.3 Å². The lowest BCUT2D eigenvalue weighted by Crippen LogP contribution is -2.50. The number of nitrogens with one attached hydrogen (secondary N) is 2. The topological polar surface area (TPSA) is 87.7 Å². The van der Waals surface area contributed by atoms with Crippen molar-refractivity contribution in [3.8, 4) is 5.75 Å². The van der Waals surface area contributed by atoms with E-state index in [2.05, 4.69) is 10.6 Å². The van der Waals surface area contributed by atoms with E-state index in [-0.39, 0.29) is 37.2 Å². The van der Waals surface area contributed by atoms with Crippen LogP contribution in [-0.2, 0) is 9.59 Å². The van der Waals surface area contributed by atoms with E-state index >= 15 is 0 Å². The van der Waals surface area contributed by atoms with Gasteiger partial charge in [-0.3, -0.25) is 14.4 Å². The van der Waals surface area contributed by atoms with Crippen LogP contribution >= 0.6 is 11.6 Å². The third-order valence-corrected chi connectivity index (χ3v) is 4.69. The van der Waals surface area contributed by atoms with Crippen molar-refractivity contribution >= 4 is 35.0 Å². The molecule has 7 nitrogen and oxygen atoms in total. The van der Waals surface area contributed by atoms with Gasteiger partial charge in [-0.15, -0.1) is 0 Å². The first-order valence-electron chi connectivity index (χ1n) is 8.81. The van der Waals surface area contributed by atoms with E-state index in [9.17, 15) is 14.4 Å². The first-order chi connectivity index (χ1) is 13.5. The lowest BCUT2D eigenvalue weighted by molar-refractivity contribution is -0.127. The molecular weight excluding hydrogens is 382 g/mol. The highest BCUT2D eigenvalue weighted by Gasteiger charge is 2.33. The van der Waals surface area contributed by atoms with E-state index in [0.29, 0.717) is 22.0 Å². The standard InChI is InChI=1S/C20H20ClN3O4/c1-22-20(27)17-12-24(15-8-4-5-9-16(15)28-17)18(25)10-11-23-19(26)13-6-2-3-7-14(13)21/h2-9,17H,10-12H2,1H3,(H,22,27)(H,23,26)/t17-/m0/s1. The molecule has 0 aliphatic carbocycles. The molecule has 8 heteroatoms. The summed E-state index contributed by atoms with van der Waals surface area (Å²) in [6, 6.07) is 13.7. The van der Waals surface area contributed by atoms with Crippen LogP contribution < -0.4 is 20.3 Å². The minimum atomic E-state index is -0.790. The fourth-order valence-corrected chi connectivity index (χ4v) is 3.15. The molecule has 1 heterocycles. The monoisotopic (exact) mass is 401 g/mol. The van der Waals surface area contributed by atoms with Crippen molar-refractivity contribution in [2.75, 3.05) is 25.0 Å². The highest BCUT2D eigenvalue weighted by atomic mass is 35.5. The molecule has 0 fully saturated rings. The van der Waals surface area contributed by atoms with E-state index in [1.807, 2.05) is 0 Å². The molecule has 3 rings (SSSR count). The molecule has 0 aromatic heterocycles. The average Bonchev–Trinajstić information content (AvgIpc) is 2.72. The number of rotatable bonds is 5. The zero-order chi connectivity index (χ0) is 20.1. The van der Waals surface area contributed by atoms with Gasteiger partial charge in [-0.05, 0) is 24.3 Å². The van der Waals surface area contributed by atoms with Crippen molar-refractivity contribution in [3.63, 3.8) is 0 Å². The van der Waals surface area contributed by atoms with Gasteiger partial charge in [-0.25, -0.2) is 0 Å². The normalized spacial score (nSPS) is 15.2. The van der Waals surface area contributed by atoms with Gasteiger partial charge in [0.15, 0.2) is 6.10 Å². The molecule has 146 valence electrons. The van der Waals surface area contributed by atoms with Gasteiger partial charge in [0.1, 0.15) is 5.75 Å². The second-order valence-electron chi connectivity index (χ2n) is 6.18. The fourth-order valence-electron chi connectivity index (χ4n) is 2.93. The SMILES string of the molecule is CNC(=O)[C@@H]1CN(C(=O)CCNC(=O)c2ccccc2Cl)c2ccccc2O1. The Morgan fingerprint density at radius 2 is 1.86 bits per heavy atom. The highest BCUT2D eigenvalue weighted by Crippen LogP contribution is 2.33. The molecule has 2 aromatic carbocycles. The molecule has 0 spiro atoms. The number of likely N-dealkylation sites (N-methyl/N-ethyl adjacent to an activating group) is 1. The van der Waals surface area contributed by atoms with Crippen LogP contribution in [-0.4, -0.2) is 44.0 Å². The molecule has 0 saturated carbocycles. The molecule has 0 unspecified atom stereocenters. The number of benzene rings is 2. The van der Waals surface area contributed by atoms with Gasteiger partial charge in [-0.2, -0.15) is 0 Å². The van der Waals surface area contributed by atoms with Crippen LogP contribution in [0.3, 0.4) is 0 Å². The second kappa shape index (κ2) is 8.75. The summed E-state index contributed by atoms with van der Waals surface area (Å²) in [7, 11) is 1.52. The van der Waals surface area contributed by atoms with E-state index in [4.69, 9.17) is 16.3 Å². The summed E-state index contributed by atoms with van der Waals surface area (Å²) in [4.78, 5) is 38.5. The van der Waals surface area contributed by atoms with Crippen molar-refractivity contribution in [2.24, 2.45) is 0 Å². The number of amides is 3. The van der Waals surface area contributed by atoms with Crippen LogP contribution in [0.4, 0.5) is 5.69 Å².